The van der Waals surface area contributed by atoms with Gasteiger partial charge in [0.05, 0.1) is 5.60 Å². The molecular formula is C18H27NO2. The summed E-state index contributed by atoms with van der Waals surface area (Å²) in [6.45, 7) is 2.88. The minimum absolute atomic E-state index is 0.257. The van der Waals surface area contributed by atoms with Gasteiger partial charge < -0.3 is 15.1 Å². The van der Waals surface area contributed by atoms with Crippen molar-refractivity contribution in [3.63, 3.8) is 0 Å². The van der Waals surface area contributed by atoms with Crippen LogP contribution in [0, 0.1) is 24.7 Å². The highest BCUT2D eigenvalue weighted by Crippen LogP contribution is 2.54. The van der Waals surface area contributed by atoms with E-state index in [0.717, 1.165) is 24.1 Å². The summed E-state index contributed by atoms with van der Waals surface area (Å²) >= 11 is 0. The average Bonchev–Trinajstić information content (AvgIpc) is 2.77. The van der Waals surface area contributed by atoms with Crippen LogP contribution in [0.5, 0.6) is 5.75 Å². The second-order valence-electron chi connectivity index (χ2n) is 7.49. The Labute approximate surface area is 127 Å². The van der Waals surface area contributed by atoms with Crippen molar-refractivity contribution in [1.29, 1.82) is 0 Å². The number of nitrogens with zero attached hydrogens (tertiary/aromatic N) is 1. The van der Waals surface area contributed by atoms with E-state index in [1.165, 1.54) is 19.3 Å². The van der Waals surface area contributed by atoms with Crippen LogP contribution in [0.15, 0.2) is 18.2 Å². The first kappa shape index (κ1) is 14.9. The lowest BCUT2D eigenvalue weighted by Crippen LogP contribution is -2.47. The zero-order valence-electron chi connectivity index (χ0n) is 13.3. The first-order chi connectivity index (χ1) is 9.88. The number of rotatable bonds is 3. The summed E-state index contributed by atoms with van der Waals surface area (Å²) in [6.07, 6.45) is 4.58. The third-order valence-electron chi connectivity index (χ3n) is 5.49. The molecule has 2 bridgehead atoms. The maximum Gasteiger partial charge on any atom is 0.116 e. The summed E-state index contributed by atoms with van der Waals surface area (Å²) in [6, 6.07) is 5.57. The van der Waals surface area contributed by atoms with E-state index in [4.69, 9.17) is 0 Å². The Morgan fingerprint density at radius 2 is 2.00 bits per heavy atom. The van der Waals surface area contributed by atoms with Gasteiger partial charge in [0.15, 0.2) is 0 Å². The number of aryl methyl sites for hydroxylation is 1. The van der Waals surface area contributed by atoms with Crippen LogP contribution in [0.2, 0.25) is 0 Å². The van der Waals surface area contributed by atoms with Gasteiger partial charge in [0, 0.05) is 12.5 Å². The van der Waals surface area contributed by atoms with Crippen LogP contribution < -0.4 is 0 Å². The summed E-state index contributed by atoms with van der Waals surface area (Å²) in [7, 11) is 4.16. The molecule has 3 heteroatoms. The molecule has 0 radical (unpaired) electrons. The van der Waals surface area contributed by atoms with Crippen molar-refractivity contribution in [3.8, 4) is 5.75 Å². The van der Waals surface area contributed by atoms with Crippen molar-refractivity contribution in [2.75, 3.05) is 20.6 Å². The second kappa shape index (κ2) is 5.29. The molecule has 21 heavy (non-hydrogen) atoms. The molecule has 1 aromatic carbocycles. The van der Waals surface area contributed by atoms with Crippen molar-refractivity contribution >= 4 is 0 Å². The zero-order valence-corrected chi connectivity index (χ0v) is 13.3. The third-order valence-corrected chi connectivity index (χ3v) is 5.49. The van der Waals surface area contributed by atoms with Gasteiger partial charge in [0.1, 0.15) is 5.75 Å². The molecule has 2 saturated carbocycles. The van der Waals surface area contributed by atoms with Gasteiger partial charge in [-0.25, -0.2) is 0 Å². The molecule has 2 aliphatic rings. The van der Waals surface area contributed by atoms with Crippen molar-refractivity contribution in [1.82, 2.24) is 4.90 Å². The molecule has 2 fully saturated rings. The lowest BCUT2D eigenvalue weighted by molar-refractivity contribution is -0.0892. The van der Waals surface area contributed by atoms with E-state index in [1.807, 2.05) is 13.0 Å². The molecule has 0 heterocycles. The molecule has 0 aromatic heterocycles. The SMILES string of the molecule is Cc1cc(O)cc([C@@]2(O)CC3CCC(C3)[C@@H]2CN(C)C)c1. The average molecular weight is 289 g/mol. The van der Waals surface area contributed by atoms with E-state index in [9.17, 15) is 10.2 Å². The maximum atomic E-state index is 11.5. The Morgan fingerprint density at radius 1 is 1.24 bits per heavy atom. The molecule has 3 rings (SSSR count). The number of fused-ring (bicyclic) bond motifs is 2. The Bertz CT molecular complexity index is 508. The fourth-order valence-electron chi connectivity index (χ4n) is 4.68. The summed E-state index contributed by atoms with van der Waals surface area (Å²) in [5.41, 5.74) is 1.13. The minimum Gasteiger partial charge on any atom is -0.508 e. The van der Waals surface area contributed by atoms with E-state index < -0.39 is 5.60 Å². The summed E-state index contributed by atoms with van der Waals surface area (Å²) in [4.78, 5) is 2.18. The molecular weight excluding hydrogens is 262 g/mol. The predicted octanol–water partition coefficient (Wildman–Crippen LogP) is 2.89. The lowest BCUT2D eigenvalue weighted by Gasteiger charge is -2.45. The van der Waals surface area contributed by atoms with E-state index in [1.54, 1.807) is 12.1 Å². The molecule has 1 aromatic rings. The first-order valence-corrected chi connectivity index (χ1v) is 8.06. The molecule has 2 N–H and O–H groups in total. The van der Waals surface area contributed by atoms with Crippen LogP contribution >= 0.6 is 0 Å². The Kier molecular flexibility index (Phi) is 3.74. The van der Waals surface area contributed by atoms with Gasteiger partial charge in [-0.1, -0.05) is 12.5 Å². The van der Waals surface area contributed by atoms with Gasteiger partial charge in [0.25, 0.3) is 0 Å². The Morgan fingerprint density at radius 3 is 2.67 bits per heavy atom. The van der Waals surface area contributed by atoms with Crippen LogP contribution in [-0.4, -0.2) is 35.8 Å². The highest BCUT2D eigenvalue weighted by molar-refractivity contribution is 5.37. The van der Waals surface area contributed by atoms with E-state index >= 15 is 0 Å². The Balaban J connectivity index is 2.02. The third kappa shape index (κ3) is 2.69. The van der Waals surface area contributed by atoms with Crippen molar-refractivity contribution in [2.24, 2.45) is 17.8 Å². The normalized spacial score (nSPS) is 35.4. The number of phenolic OH excluding ortho intramolecular Hbond substituents is 1. The summed E-state index contributed by atoms with van der Waals surface area (Å²) in [5, 5.41) is 21.5. The summed E-state index contributed by atoms with van der Waals surface area (Å²) in [5.74, 6) is 1.77. The van der Waals surface area contributed by atoms with Gasteiger partial charge in [0.2, 0.25) is 0 Å². The van der Waals surface area contributed by atoms with E-state index in [2.05, 4.69) is 19.0 Å². The molecule has 116 valence electrons. The van der Waals surface area contributed by atoms with Gasteiger partial charge in [-0.15, -0.1) is 0 Å². The maximum absolute atomic E-state index is 11.5. The van der Waals surface area contributed by atoms with E-state index in [0.29, 0.717) is 11.8 Å². The smallest absolute Gasteiger partial charge is 0.116 e. The van der Waals surface area contributed by atoms with E-state index in [-0.39, 0.29) is 11.7 Å². The molecule has 0 amide bonds. The molecule has 3 nitrogen and oxygen atoms in total. The number of hydrogen-bond acceptors (Lipinski definition) is 3. The Hall–Kier alpha value is -1.06. The monoisotopic (exact) mass is 289 g/mol. The van der Waals surface area contributed by atoms with Crippen LogP contribution in [-0.2, 0) is 5.60 Å². The highest BCUT2D eigenvalue weighted by Gasteiger charge is 2.51. The van der Waals surface area contributed by atoms with Crippen molar-refractivity contribution < 1.29 is 10.2 Å². The first-order valence-electron chi connectivity index (χ1n) is 8.06. The standard InChI is InChI=1S/C18H27NO2/c1-12-6-15(9-16(20)7-12)18(21)10-13-4-5-14(8-13)17(18)11-19(2)3/h6-7,9,13-14,17,20-21H,4-5,8,10-11H2,1-3H3/t13?,14?,17-,18-/m0/s1. The van der Waals surface area contributed by atoms with Gasteiger partial charge in [-0.3, -0.25) is 0 Å². The van der Waals surface area contributed by atoms with Crippen LogP contribution in [0.25, 0.3) is 0 Å². The molecule has 2 aliphatic carbocycles. The number of phenols is 1. The fraction of sp³-hybridized carbons (Fsp3) is 0.667. The van der Waals surface area contributed by atoms with Gasteiger partial charge in [-0.05, 0) is 75.4 Å². The molecule has 0 saturated heterocycles. The van der Waals surface area contributed by atoms with Crippen LogP contribution in [0.3, 0.4) is 0 Å². The van der Waals surface area contributed by atoms with Crippen molar-refractivity contribution in [2.45, 2.75) is 38.2 Å². The van der Waals surface area contributed by atoms with Crippen LogP contribution in [0.1, 0.15) is 36.8 Å². The molecule has 2 unspecified atom stereocenters. The molecule has 0 spiro atoms. The minimum atomic E-state index is -0.794. The lowest BCUT2D eigenvalue weighted by atomic mass is 9.65. The number of aromatic hydroxyl groups is 1. The quantitative estimate of drug-likeness (QED) is 0.899. The second-order valence-corrected chi connectivity index (χ2v) is 7.49. The number of benzene rings is 1. The topological polar surface area (TPSA) is 43.7 Å². The molecule has 4 atom stereocenters. The number of aliphatic hydroxyl groups is 1. The number of hydrogen-bond donors (Lipinski definition) is 2. The van der Waals surface area contributed by atoms with Crippen LogP contribution in [0.4, 0.5) is 0 Å². The zero-order chi connectivity index (χ0) is 15.2. The van der Waals surface area contributed by atoms with Gasteiger partial charge >= 0.3 is 0 Å². The largest absolute Gasteiger partial charge is 0.508 e. The van der Waals surface area contributed by atoms with Crippen molar-refractivity contribution in [3.05, 3.63) is 29.3 Å². The molecule has 0 aliphatic heterocycles. The fourth-order valence-corrected chi connectivity index (χ4v) is 4.68. The highest BCUT2D eigenvalue weighted by atomic mass is 16.3. The predicted molar refractivity (Wildman–Crippen MR) is 84.2 cm³/mol. The summed E-state index contributed by atoms with van der Waals surface area (Å²) < 4.78 is 0. The van der Waals surface area contributed by atoms with Gasteiger partial charge in [-0.2, -0.15) is 0 Å².